The number of aromatic nitrogens is 1. The molecule has 0 bridgehead atoms. The lowest BCUT2D eigenvalue weighted by Crippen LogP contribution is -2.49. The third-order valence-electron chi connectivity index (χ3n) is 5.30. The van der Waals surface area contributed by atoms with Crippen molar-refractivity contribution in [2.45, 2.75) is 6.54 Å². The third-order valence-corrected chi connectivity index (χ3v) is 6.13. The molecule has 1 saturated heterocycles. The third kappa shape index (κ3) is 5.34. The summed E-state index contributed by atoms with van der Waals surface area (Å²) in [5.74, 6) is 1.61. The molecular formula is C23H26N4O3S. The zero-order valence-corrected chi connectivity index (χ0v) is 18.5. The molecule has 0 atom stereocenters. The van der Waals surface area contributed by atoms with E-state index in [1.54, 1.807) is 25.6 Å². The maximum atomic E-state index is 12.5. The molecule has 7 nitrogen and oxygen atoms in total. The van der Waals surface area contributed by atoms with Crippen LogP contribution >= 0.6 is 11.3 Å². The molecule has 0 saturated carbocycles. The maximum absolute atomic E-state index is 12.5. The van der Waals surface area contributed by atoms with Crippen molar-refractivity contribution in [1.29, 1.82) is 0 Å². The first-order valence-corrected chi connectivity index (χ1v) is 11.0. The van der Waals surface area contributed by atoms with Crippen LogP contribution in [0, 0.1) is 0 Å². The molecule has 0 unspecified atom stereocenters. The van der Waals surface area contributed by atoms with Gasteiger partial charge in [-0.25, -0.2) is 9.78 Å². The van der Waals surface area contributed by atoms with Gasteiger partial charge in [0.15, 0.2) is 0 Å². The number of anilines is 1. The summed E-state index contributed by atoms with van der Waals surface area (Å²) in [6.07, 6.45) is 0. The number of piperazine rings is 1. The lowest BCUT2D eigenvalue weighted by atomic mass is 10.2. The van der Waals surface area contributed by atoms with Gasteiger partial charge in [-0.05, 0) is 48.5 Å². The van der Waals surface area contributed by atoms with Crippen molar-refractivity contribution in [3.05, 3.63) is 58.9 Å². The number of carbonyl (C=O) groups is 1. The Labute approximate surface area is 186 Å². The molecule has 0 spiro atoms. The van der Waals surface area contributed by atoms with Crippen molar-refractivity contribution >= 4 is 23.1 Å². The molecule has 31 heavy (non-hydrogen) atoms. The Hall–Kier alpha value is -3.10. The van der Waals surface area contributed by atoms with Gasteiger partial charge in [-0.15, -0.1) is 11.3 Å². The number of carbonyl (C=O) groups excluding carboxylic acids is 1. The molecule has 1 aromatic heterocycles. The number of methoxy groups -OCH3 is 2. The van der Waals surface area contributed by atoms with Crippen LogP contribution in [-0.2, 0) is 6.54 Å². The van der Waals surface area contributed by atoms with Gasteiger partial charge in [-0.3, -0.25) is 4.90 Å². The van der Waals surface area contributed by atoms with E-state index in [1.807, 2.05) is 53.4 Å². The molecule has 1 N–H and O–H groups in total. The molecule has 1 fully saturated rings. The van der Waals surface area contributed by atoms with E-state index in [2.05, 4.69) is 15.6 Å². The Balaban J connectivity index is 1.27. The predicted octanol–water partition coefficient (Wildman–Crippen LogP) is 4.18. The van der Waals surface area contributed by atoms with Crippen LogP contribution in [0.3, 0.4) is 0 Å². The molecule has 0 aliphatic carbocycles. The van der Waals surface area contributed by atoms with Gasteiger partial charge >= 0.3 is 6.03 Å². The molecule has 4 rings (SSSR count). The van der Waals surface area contributed by atoms with Crippen molar-refractivity contribution in [3.63, 3.8) is 0 Å². The fourth-order valence-corrected chi connectivity index (χ4v) is 4.30. The Morgan fingerprint density at radius 2 is 1.58 bits per heavy atom. The first-order valence-electron chi connectivity index (χ1n) is 10.2. The summed E-state index contributed by atoms with van der Waals surface area (Å²) >= 11 is 1.67. The van der Waals surface area contributed by atoms with E-state index >= 15 is 0 Å². The normalized spacial score (nSPS) is 14.3. The number of hydrogen-bond donors (Lipinski definition) is 1. The summed E-state index contributed by atoms with van der Waals surface area (Å²) in [7, 11) is 3.29. The van der Waals surface area contributed by atoms with Crippen LogP contribution in [0.5, 0.6) is 11.5 Å². The van der Waals surface area contributed by atoms with Gasteiger partial charge in [0.1, 0.15) is 16.5 Å². The molecule has 1 aliphatic heterocycles. The van der Waals surface area contributed by atoms with Gasteiger partial charge in [0.2, 0.25) is 0 Å². The number of rotatable bonds is 6. The highest BCUT2D eigenvalue weighted by Gasteiger charge is 2.22. The summed E-state index contributed by atoms with van der Waals surface area (Å²) < 4.78 is 10.4. The molecule has 2 heterocycles. The van der Waals surface area contributed by atoms with Gasteiger partial charge < -0.3 is 19.7 Å². The van der Waals surface area contributed by atoms with E-state index in [0.29, 0.717) is 13.1 Å². The van der Waals surface area contributed by atoms with E-state index in [9.17, 15) is 4.79 Å². The van der Waals surface area contributed by atoms with Gasteiger partial charge in [-0.1, -0.05) is 0 Å². The molecule has 0 radical (unpaired) electrons. The zero-order valence-electron chi connectivity index (χ0n) is 17.7. The van der Waals surface area contributed by atoms with Crippen molar-refractivity contribution in [3.8, 4) is 22.8 Å². The molecule has 8 heteroatoms. The van der Waals surface area contributed by atoms with Crippen LogP contribution in [0.15, 0.2) is 53.9 Å². The second kappa shape index (κ2) is 9.80. The van der Waals surface area contributed by atoms with Crippen LogP contribution in [0.2, 0.25) is 0 Å². The Bertz CT molecular complexity index is 996. The van der Waals surface area contributed by atoms with E-state index in [4.69, 9.17) is 14.5 Å². The molecule has 162 valence electrons. The number of hydrogen-bond acceptors (Lipinski definition) is 6. The molecule has 2 aromatic carbocycles. The predicted molar refractivity (Wildman–Crippen MR) is 123 cm³/mol. The highest BCUT2D eigenvalue weighted by molar-refractivity contribution is 7.09. The topological polar surface area (TPSA) is 66.9 Å². The van der Waals surface area contributed by atoms with Crippen LogP contribution in [0.1, 0.15) is 5.01 Å². The Morgan fingerprint density at radius 3 is 2.19 bits per heavy atom. The van der Waals surface area contributed by atoms with Crippen LogP contribution in [0.4, 0.5) is 10.5 Å². The average molecular weight is 439 g/mol. The molecule has 2 amide bonds. The van der Waals surface area contributed by atoms with Crippen molar-refractivity contribution in [1.82, 2.24) is 14.8 Å². The van der Waals surface area contributed by atoms with Crippen molar-refractivity contribution < 1.29 is 14.3 Å². The quantitative estimate of drug-likeness (QED) is 0.626. The molecule has 3 aromatic rings. The van der Waals surface area contributed by atoms with E-state index in [-0.39, 0.29) is 6.03 Å². The van der Waals surface area contributed by atoms with Crippen molar-refractivity contribution in [2.75, 3.05) is 45.7 Å². The van der Waals surface area contributed by atoms with E-state index in [1.165, 1.54) is 0 Å². The zero-order chi connectivity index (χ0) is 21.6. The number of amides is 2. The lowest BCUT2D eigenvalue weighted by molar-refractivity contribution is 0.143. The minimum Gasteiger partial charge on any atom is -0.497 e. The lowest BCUT2D eigenvalue weighted by Gasteiger charge is -2.34. The van der Waals surface area contributed by atoms with E-state index < -0.39 is 0 Å². The minimum atomic E-state index is -0.0687. The maximum Gasteiger partial charge on any atom is 0.321 e. The van der Waals surface area contributed by atoms with Gasteiger partial charge in [-0.2, -0.15) is 0 Å². The highest BCUT2D eigenvalue weighted by atomic mass is 32.1. The fraction of sp³-hybridized carbons (Fsp3) is 0.304. The first-order chi connectivity index (χ1) is 15.1. The number of ether oxygens (including phenoxy) is 2. The van der Waals surface area contributed by atoms with Gasteiger partial charge in [0, 0.05) is 42.8 Å². The van der Waals surface area contributed by atoms with E-state index in [0.717, 1.165) is 53.1 Å². The van der Waals surface area contributed by atoms with Crippen molar-refractivity contribution in [2.24, 2.45) is 0 Å². The summed E-state index contributed by atoms with van der Waals surface area (Å²) in [5.41, 5.74) is 2.84. The van der Waals surface area contributed by atoms with Gasteiger partial charge in [0.05, 0.1) is 26.5 Å². The highest BCUT2D eigenvalue weighted by Crippen LogP contribution is 2.25. The molecule has 1 aliphatic rings. The number of nitrogens with one attached hydrogen (secondary N) is 1. The number of urea groups is 1. The second-order valence-electron chi connectivity index (χ2n) is 7.28. The summed E-state index contributed by atoms with van der Waals surface area (Å²) in [6.45, 7) is 3.84. The summed E-state index contributed by atoms with van der Waals surface area (Å²) in [6, 6.07) is 15.2. The van der Waals surface area contributed by atoms with Crippen LogP contribution in [0.25, 0.3) is 11.3 Å². The molecular weight excluding hydrogens is 412 g/mol. The summed E-state index contributed by atoms with van der Waals surface area (Å²) in [4.78, 5) is 21.5. The SMILES string of the molecule is COc1ccc(NC(=O)N2CCN(Cc3nc(-c4ccc(OC)cc4)cs3)CC2)cc1. The smallest absolute Gasteiger partial charge is 0.321 e. The van der Waals surface area contributed by atoms with Crippen LogP contribution < -0.4 is 14.8 Å². The number of thiazole rings is 1. The van der Waals surface area contributed by atoms with Crippen LogP contribution in [-0.4, -0.2) is 61.2 Å². The number of benzene rings is 2. The second-order valence-corrected chi connectivity index (χ2v) is 8.22. The average Bonchev–Trinajstić information content (AvgIpc) is 3.28. The Morgan fingerprint density at radius 1 is 0.968 bits per heavy atom. The van der Waals surface area contributed by atoms with Gasteiger partial charge in [0.25, 0.3) is 0 Å². The standard InChI is InChI=1S/C23H26N4O3S/c1-29-19-7-3-17(4-8-19)21-16-31-22(25-21)15-26-11-13-27(14-12-26)23(28)24-18-5-9-20(30-2)10-6-18/h3-10,16H,11-15H2,1-2H3,(H,24,28). The Kier molecular flexibility index (Phi) is 6.69. The first kappa shape index (κ1) is 21.1. The number of nitrogens with zero attached hydrogens (tertiary/aromatic N) is 3. The monoisotopic (exact) mass is 438 g/mol. The fourth-order valence-electron chi connectivity index (χ4n) is 3.46. The summed E-state index contributed by atoms with van der Waals surface area (Å²) in [5, 5.41) is 6.13. The minimum absolute atomic E-state index is 0.0687. The largest absolute Gasteiger partial charge is 0.497 e.